The van der Waals surface area contributed by atoms with Crippen LogP contribution in [0.3, 0.4) is 0 Å². The minimum absolute atomic E-state index is 0.0995. The molecule has 0 aliphatic heterocycles. The highest BCUT2D eigenvalue weighted by atomic mass is 32.2. The summed E-state index contributed by atoms with van der Waals surface area (Å²) in [5.74, 6) is 0.0105. The van der Waals surface area contributed by atoms with Gasteiger partial charge in [0.05, 0.1) is 10.6 Å². The van der Waals surface area contributed by atoms with E-state index in [0.29, 0.717) is 28.3 Å². The molecule has 1 heterocycles. The molecular weight excluding hydrogens is 330 g/mol. The summed E-state index contributed by atoms with van der Waals surface area (Å²) >= 11 is 0. The molecule has 2 rings (SSSR count). The summed E-state index contributed by atoms with van der Waals surface area (Å²) in [5, 5.41) is 0. The average molecular weight is 349 g/mol. The third kappa shape index (κ3) is 3.73. The number of benzene rings is 1. The number of rotatable bonds is 6. The summed E-state index contributed by atoms with van der Waals surface area (Å²) < 4.78 is 28.2. The second-order valence-electron chi connectivity index (χ2n) is 5.64. The first-order valence-corrected chi connectivity index (χ1v) is 9.16. The highest BCUT2D eigenvalue weighted by Gasteiger charge is 2.20. The van der Waals surface area contributed by atoms with Gasteiger partial charge < -0.3 is 9.72 Å². The number of nitrogens with one attached hydrogen (secondary N) is 1. The number of hydrogen-bond donors (Lipinski definition) is 1. The molecule has 2 aromatic rings. The molecule has 6 nitrogen and oxygen atoms in total. The molecule has 1 aromatic carbocycles. The van der Waals surface area contributed by atoms with E-state index in [4.69, 9.17) is 4.74 Å². The number of H-pyrrole nitrogens is 1. The van der Waals surface area contributed by atoms with Gasteiger partial charge in [-0.3, -0.25) is 9.59 Å². The van der Waals surface area contributed by atoms with Gasteiger partial charge in [-0.15, -0.1) is 0 Å². The van der Waals surface area contributed by atoms with Crippen molar-refractivity contribution in [1.82, 2.24) is 4.98 Å². The first-order chi connectivity index (χ1) is 11.1. The van der Waals surface area contributed by atoms with Crippen LogP contribution >= 0.6 is 0 Å². The molecule has 0 amide bonds. The van der Waals surface area contributed by atoms with E-state index in [1.54, 1.807) is 13.8 Å². The van der Waals surface area contributed by atoms with Gasteiger partial charge in [0.15, 0.2) is 22.2 Å². The molecule has 0 bridgehead atoms. The lowest BCUT2D eigenvalue weighted by molar-refractivity contribution is 0.0916. The van der Waals surface area contributed by atoms with Gasteiger partial charge >= 0.3 is 0 Å². The number of hydrogen-bond acceptors (Lipinski definition) is 5. The number of carbonyl (C=O) groups is 2. The van der Waals surface area contributed by atoms with Crippen molar-refractivity contribution < 1.29 is 22.7 Å². The molecule has 0 radical (unpaired) electrons. The Hall–Kier alpha value is -2.41. The number of aromatic nitrogens is 1. The lowest BCUT2D eigenvalue weighted by atomic mass is 10.1. The number of ketones is 2. The smallest absolute Gasteiger partial charge is 0.216 e. The minimum atomic E-state index is -3.27. The number of aromatic amines is 1. The lowest BCUT2D eigenvalue weighted by Gasteiger charge is -2.06. The van der Waals surface area contributed by atoms with E-state index >= 15 is 0 Å². The van der Waals surface area contributed by atoms with E-state index in [2.05, 4.69) is 4.98 Å². The predicted molar refractivity (Wildman–Crippen MR) is 89.6 cm³/mol. The summed E-state index contributed by atoms with van der Waals surface area (Å²) in [5.41, 5.74) is 2.14. The number of sulfone groups is 1. The highest BCUT2D eigenvalue weighted by molar-refractivity contribution is 7.90. The molecule has 128 valence electrons. The molecule has 0 atom stereocenters. The maximum absolute atomic E-state index is 12.3. The number of aryl methyl sites for hydroxylation is 1. The Kier molecular flexibility index (Phi) is 4.94. The quantitative estimate of drug-likeness (QED) is 0.809. The first kappa shape index (κ1) is 17.9. The van der Waals surface area contributed by atoms with E-state index in [1.807, 2.05) is 0 Å². The van der Waals surface area contributed by atoms with E-state index in [-0.39, 0.29) is 23.1 Å². The van der Waals surface area contributed by atoms with Crippen molar-refractivity contribution in [3.05, 3.63) is 46.8 Å². The van der Waals surface area contributed by atoms with Crippen molar-refractivity contribution in [2.75, 3.05) is 12.9 Å². The molecule has 1 aromatic heterocycles. The maximum atomic E-state index is 12.3. The van der Waals surface area contributed by atoms with Crippen molar-refractivity contribution in [3.63, 3.8) is 0 Å². The summed E-state index contributed by atoms with van der Waals surface area (Å²) in [7, 11) is -3.27. The van der Waals surface area contributed by atoms with E-state index in [1.165, 1.54) is 31.2 Å². The summed E-state index contributed by atoms with van der Waals surface area (Å²) in [6.07, 6.45) is 1.12. The van der Waals surface area contributed by atoms with Gasteiger partial charge in [-0.1, -0.05) is 0 Å². The van der Waals surface area contributed by atoms with Crippen molar-refractivity contribution in [2.24, 2.45) is 0 Å². The van der Waals surface area contributed by atoms with Gasteiger partial charge in [0.2, 0.25) is 5.78 Å². The Labute approximate surface area is 140 Å². The van der Waals surface area contributed by atoms with Crippen LogP contribution in [-0.2, 0) is 9.84 Å². The standard InChI is InChI=1S/C17H19NO5S/c1-10-16(12(3)19)11(2)18-17(10)15(20)9-23-13-5-7-14(8-6-13)24(4,21)22/h5-8,18H,9H2,1-4H3. The van der Waals surface area contributed by atoms with Gasteiger partial charge in [0.25, 0.3) is 0 Å². The zero-order chi connectivity index (χ0) is 18.1. The SMILES string of the molecule is CC(=O)c1c(C)[nH]c(C(=O)COc2ccc(S(C)(=O)=O)cc2)c1C. The monoisotopic (exact) mass is 349 g/mol. The van der Waals surface area contributed by atoms with Gasteiger partial charge in [0.1, 0.15) is 5.75 Å². The fraction of sp³-hybridized carbons (Fsp3) is 0.294. The second-order valence-corrected chi connectivity index (χ2v) is 7.65. The number of ether oxygens (including phenoxy) is 1. The maximum Gasteiger partial charge on any atom is 0.216 e. The third-order valence-electron chi connectivity index (χ3n) is 3.69. The second kappa shape index (κ2) is 6.60. The topological polar surface area (TPSA) is 93.3 Å². The Morgan fingerprint density at radius 1 is 1.12 bits per heavy atom. The third-order valence-corrected chi connectivity index (χ3v) is 4.82. The molecule has 0 spiro atoms. The molecular formula is C17H19NO5S. The Balaban J connectivity index is 2.11. The summed E-state index contributed by atoms with van der Waals surface area (Å²) in [6.45, 7) is 4.70. The molecule has 7 heteroatoms. The van der Waals surface area contributed by atoms with Crippen LogP contribution in [0.1, 0.15) is 39.0 Å². The van der Waals surface area contributed by atoms with Crippen molar-refractivity contribution in [3.8, 4) is 5.75 Å². The number of Topliss-reactive ketones (excluding diaryl/α,β-unsaturated/α-hetero) is 2. The normalized spacial score (nSPS) is 11.3. The largest absolute Gasteiger partial charge is 0.485 e. The van der Waals surface area contributed by atoms with Crippen molar-refractivity contribution >= 4 is 21.4 Å². The lowest BCUT2D eigenvalue weighted by Crippen LogP contribution is -2.13. The molecule has 0 aliphatic rings. The molecule has 1 N–H and O–H groups in total. The Morgan fingerprint density at radius 2 is 1.71 bits per heavy atom. The number of carbonyl (C=O) groups excluding carboxylic acids is 2. The Morgan fingerprint density at radius 3 is 2.17 bits per heavy atom. The molecule has 0 saturated heterocycles. The first-order valence-electron chi connectivity index (χ1n) is 7.27. The van der Waals surface area contributed by atoms with E-state index in [0.717, 1.165) is 6.26 Å². The fourth-order valence-corrected chi connectivity index (χ4v) is 3.19. The van der Waals surface area contributed by atoms with Crippen LogP contribution in [0.4, 0.5) is 0 Å². The molecule has 0 unspecified atom stereocenters. The predicted octanol–water partition coefficient (Wildman–Crippen LogP) is 2.50. The zero-order valence-corrected chi connectivity index (χ0v) is 14.8. The van der Waals surface area contributed by atoms with Crippen molar-refractivity contribution in [2.45, 2.75) is 25.7 Å². The van der Waals surface area contributed by atoms with Crippen LogP contribution < -0.4 is 4.74 Å². The molecule has 0 fully saturated rings. The van der Waals surface area contributed by atoms with E-state index < -0.39 is 9.84 Å². The van der Waals surface area contributed by atoms with Crippen molar-refractivity contribution in [1.29, 1.82) is 0 Å². The summed E-state index contributed by atoms with van der Waals surface area (Å²) in [4.78, 5) is 27.0. The molecule has 0 aliphatic carbocycles. The molecule has 24 heavy (non-hydrogen) atoms. The van der Waals surface area contributed by atoms with Crippen LogP contribution in [0, 0.1) is 13.8 Å². The molecule has 0 saturated carbocycles. The Bertz CT molecular complexity index is 892. The minimum Gasteiger partial charge on any atom is -0.485 e. The average Bonchev–Trinajstić information content (AvgIpc) is 2.79. The van der Waals surface area contributed by atoms with Crippen LogP contribution in [-0.4, -0.2) is 37.8 Å². The fourth-order valence-electron chi connectivity index (χ4n) is 2.56. The van der Waals surface area contributed by atoms with Crippen LogP contribution in [0.5, 0.6) is 5.75 Å². The van der Waals surface area contributed by atoms with Crippen LogP contribution in [0.2, 0.25) is 0 Å². The van der Waals surface area contributed by atoms with Gasteiger partial charge in [0, 0.05) is 17.5 Å². The summed E-state index contributed by atoms with van der Waals surface area (Å²) in [6, 6.07) is 5.84. The van der Waals surface area contributed by atoms with Gasteiger partial charge in [-0.25, -0.2) is 8.42 Å². The van der Waals surface area contributed by atoms with E-state index in [9.17, 15) is 18.0 Å². The van der Waals surface area contributed by atoms with Gasteiger partial charge in [-0.2, -0.15) is 0 Å². The van der Waals surface area contributed by atoms with Crippen LogP contribution in [0.15, 0.2) is 29.2 Å². The van der Waals surface area contributed by atoms with Crippen LogP contribution in [0.25, 0.3) is 0 Å². The highest BCUT2D eigenvalue weighted by Crippen LogP contribution is 2.20. The van der Waals surface area contributed by atoms with Gasteiger partial charge in [-0.05, 0) is 50.6 Å². The zero-order valence-electron chi connectivity index (χ0n) is 14.0.